The summed E-state index contributed by atoms with van der Waals surface area (Å²) in [5.74, 6) is -3.05. The normalized spacial score (nSPS) is 19.1. The van der Waals surface area contributed by atoms with Crippen molar-refractivity contribution in [3.8, 4) is 5.75 Å². The Bertz CT molecular complexity index is 1100. The molecule has 1 atom stereocenters. The molecule has 0 spiro atoms. The maximum Gasteiger partial charge on any atom is 0.307 e. The summed E-state index contributed by atoms with van der Waals surface area (Å²) in [5.41, 5.74) is -1.45. The summed E-state index contributed by atoms with van der Waals surface area (Å²) >= 11 is 1.07. The lowest BCUT2D eigenvalue weighted by Crippen LogP contribution is -2.53. The monoisotopic (exact) mass is 390 g/mol. The Morgan fingerprint density at radius 2 is 2.11 bits per heavy atom. The molecular weight excluding hydrogens is 378 g/mol. The molecule has 138 valence electrons. The highest BCUT2D eigenvalue weighted by Gasteiger charge is 2.48. The molecule has 0 radical (unpaired) electrons. The summed E-state index contributed by atoms with van der Waals surface area (Å²) in [6.45, 7) is 1.32. The molecule has 1 amide bonds. The summed E-state index contributed by atoms with van der Waals surface area (Å²) < 4.78 is 33.8. The van der Waals surface area contributed by atoms with E-state index in [2.05, 4.69) is 4.98 Å². The summed E-state index contributed by atoms with van der Waals surface area (Å²) in [4.78, 5) is 29.7. The SMILES string of the molecule is CC1(CC(=O)O)Oc2cc(F)ccc2N(c2nc3c(F)cccc3s2)C1=O. The van der Waals surface area contributed by atoms with Crippen molar-refractivity contribution in [1.29, 1.82) is 0 Å². The number of aliphatic carboxylic acids is 1. The molecule has 1 aliphatic rings. The van der Waals surface area contributed by atoms with E-state index in [0.717, 1.165) is 28.4 Å². The Kier molecular flexibility index (Phi) is 3.84. The molecule has 0 saturated heterocycles. The van der Waals surface area contributed by atoms with Gasteiger partial charge in [0.2, 0.25) is 0 Å². The Hall–Kier alpha value is -3.07. The van der Waals surface area contributed by atoms with Gasteiger partial charge in [-0.1, -0.05) is 17.4 Å². The first-order chi connectivity index (χ1) is 12.8. The second-order valence-electron chi connectivity index (χ2n) is 6.24. The van der Waals surface area contributed by atoms with Gasteiger partial charge in [-0.3, -0.25) is 9.59 Å². The largest absolute Gasteiger partial charge is 0.481 e. The first kappa shape index (κ1) is 17.3. The summed E-state index contributed by atoms with van der Waals surface area (Å²) in [7, 11) is 0. The zero-order valence-corrected chi connectivity index (χ0v) is 14.7. The number of fused-ring (bicyclic) bond motifs is 2. The van der Waals surface area contributed by atoms with Crippen molar-refractivity contribution in [2.75, 3.05) is 4.90 Å². The van der Waals surface area contributed by atoms with Gasteiger partial charge >= 0.3 is 5.97 Å². The molecule has 4 rings (SSSR count). The van der Waals surface area contributed by atoms with E-state index in [4.69, 9.17) is 4.74 Å². The highest BCUT2D eigenvalue weighted by atomic mass is 32.1. The van der Waals surface area contributed by atoms with Crippen molar-refractivity contribution in [2.24, 2.45) is 0 Å². The topological polar surface area (TPSA) is 79.7 Å². The van der Waals surface area contributed by atoms with Crippen LogP contribution in [0, 0.1) is 11.6 Å². The van der Waals surface area contributed by atoms with Crippen LogP contribution >= 0.6 is 11.3 Å². The third-order valence-electron chi connectivity index (χ3n) is 4.19. The Morgan fingerprint density at radius 3 is 2.81 bits per heavy atom. The standard InChI is InChI=1S/C18H12F2N2O4S/c1-18(8-14(23)24)16(25)22(11-6-5-9(19)7-12(11)26-18)17-21-15-10(20)3-2-4-13(15)27-17/h2-7H,8H2,1H3,(H,23,24). The molecule has 9 heteroatoms. The molecule has 1 unspecified atom stereocenters. The zero-order chi connectivity index (χ0) is 19.3. The third-order valence-corrected chi connectivity index (χ3v) is 5.20. The lowest BCUT2D eigenvalue weighted by molar-refractivity contribution is -0.148. The number of aromatic nitrogens is 1. The number of carboxylic acid groups (broad SMARTS) is 1. The molecule has 2 heterocycles. The van der Waals surface area contributed by atoms with Gasteiger partial charge in [0.25, 0.3) is 5.91 Å². The second-order valence-corrected chi connectivity index (χ2v) is 7.25. The molecule has 1 aliphatic heterocycles. The molecule has 3 aromatic rings. The van der Waals surface area contributed by atoms with Crippen LogP contribution in [-0.2, 0) is 9.59 Å². The number of carboxylic acids is 1. The average Bonchev–Trinajstić information content (AvgIpc) is 3.00. The molecule has 1 N–H and O–H groups in total. The van der Waals surface area contributed by atoms with E-state index in [0.29, 0.717) is 4.70 Å². The molecule has 0 saturated carbocycles. The van der Waals surface area contributed by atoms with Gasteiger partial charge in [-0.25, -0.2) is 18.7 Å². The molecular formula is C18H12F2N2O4S. The minimum absolute atomic E-state index is 0.0121. The van der Waals surface area contributed by atoms with Crippen molar-refractivity contribution >= 4 is 44.2 Å². The van der Waals surface area contributed by atoms with Gasteiger partial charge in [0.15, 0.2) is 10.7 Å². The zero-order valence-electron chi connectivity index (χ0n) is 13.9. The van der Waals surface area contributed by atoms with Gasteiger partial charge in [-0.2, -0.15) is 0 Å². The highest BCUT2D eigenvalue weighted by Crippen LogP contribution is 2.45. The number of rotatable bonds is 3. The fourth-order valence-electron chi connectivity index (χ4n) is 2.98. The van der Waals surface area contributed by atoms with Gasteiger partial charge in [-0.15, -0.1) is 0 Å². The fraction of sp³-hybridized carbons (Fsp3) is 0.167. The van der Waals surface area contributed by atoms with Crippen molar-refractivity contribution < 1.29 is 28.2 Å². The quantitative estimate of drug-likeness (QED) is 0.735. The van der Waals surface area contributed by atoms with Crippen molar-refractivity contribution in [3.63, 3.8) is 0 Å². The predicted molar refractivity (Wildman–Crippen MR) is 94.4 cm³/mol. The minimum Gasteiger partial charge on any atom is -0.481 e. The number of amides is 1. The molecule has 2 aromatic carbocycles. The van der Waals surface area contributed by atoms with E-state index in [1.54, 1.807) is 6.07 Å². The number of ether oxygens (including phenoxy) is 1. The smallest absolute Gasteiger partial charge is 0.307 e. The maximum atomic E-state index is 14.0. The number of anilines is 2. The van der Waals surface area contributed by atoms with E-state index >= 15 is 0 Å². The molecule has 0 fully saturated rings. The lowest BCUT2D eigenvalue weighted by Gasteiger charge is -2.38. The van der Waals surface area contributed by atoms with E-state index in [1.807, 2.05) is 0 Å². The predicted octanol–water partition coefficient (Wildman–Crippen LogP) is 3.87. The molecule has 0 bridgehead atoms. The Morgan fingerprint density at radius 1 is 1.33 bits per heavy atom. The van der Waals surface area contributed by atoms with Crippen LogP contribution in [0.4, 0.5) is 19.6 Å². The van der Waals surface area contributed by atoms with Crippen LogP contribution in [-0.4, -0.2) is 27.6 Å². The van der Waals surface area contributed by atoms with Gasteiger partial charge in [-0.05, 0) is 31.2 Å². The van der Waals surface area contributed by atoms with E-state index in [9.17, 15) is 23.5 Å². The Labute approximate surface area is 155 Å². The van der Waals surface area contributed by atoms with Crippen LogP contribution in [0.2, 0.25) is 0 Å². The van der Waals surface area contributed by atoms with Crippen LogP contribution in [0.15, 0.2) is 36.4 Å². The number of hydrogen-bond donors (Lipinski definition) is 1. The number of benzene rings is 2. The number of carbonyl (C=O) groups excluding carboxylic acids is 1. The number of nitrogens with zero attached hydrogens (tertiary/aromatic N) is 2. The molecule has 27 heavy (non-hydrogen) atoms. The number of thiazole rings is 1. The summed E-state index contributed by atoms with van der Waals surface area (Å²) in [6.07, 6.45) is -0.627. The van der Waals surface area contributed by atoms with Crippen LogP contribution in [0.1, 0.15) is 13.3 Å². The van der Waals surface area contributed by atoms with Crippen molar-refractivity contribution in [1.82, 2.24) is 4.98 Å². The van der Waals surface area contributed by atoms with Gasteiger partial charge in [0, 0.05) is 6.07 Å². The van der Waals surface area contributed by atoms with Crippen LogP contribution < -0.4 is 9.64 Å². The molecule has 6 nitrogen and oxygen atoms in total. The van der Waals surface area contributed by atoms with Crippen LogP contribution in [0.3, 0.4) is 0 Å². The first-order valence-electron chi connectivity index (χ1n) is 7.88. The average molecular weight is 390 g/mol. The lowest BCUT2D eigenvalue weighted by atomic mass is 9.97. The Balaban J connectivity index is 1.92. The molecule has 0 aliphatic carbocycles. The van der Waals surface area contributed by atoms with E-state index in [1.165, 1.54) is 25.1 Å². The number of carbonyl (C=O) groups is 2. The number of hydrogen-bond acceptors (Lipinski definition) is 5. The van der Waals surface area contributed by atoms with Gasteiger partial charge in [0.05, 0.1) is 16.8 Å². The van der Waals surface area contributed by atoms with Gasteiger partial charge < -0.3 is 9.84 Å². The molecule has 1 aromatic heterocycles. The third kappa shape index (κ3) is 2.80. The minimum atomic E-state index is -1.76. The number of halogens is 2. The summed E-state index contributed by atoms with van der Waals surface area (Å²) in [5, 5.41) is 9.32. The van der Waals surface area contributed by atoms with Gasteiger partial charge in [0.1, 0.15) is 22.9 Å². The van der Waals surface area contributed by atoms with Crippen molar-refractivity contribution in [3.05, 3.63) is 48.0 Å². The van der Waals surface area contributed by atoms with E-state index in [-0.39, 0.29) is 22.1 Å². The first-order valence-corrected chi connectivity index (χ1v) is 8.70. The fourth-order valence-corrected chi connectivity index (χ4v) is 3.97. The maximum absolute atomic E-state index is 14.0. The van der Waals surface area contributed by atoms with Crippen molar-refractivity contribution in [2.45, 2.75) is 18.9 Å². The summed E-state index contributed by atoms with van der Waals surface area (Å²) in [6, 6.07) is 8.00. The highest BCUT2D eigenvalue weighted by molar-refractivity contribution is 7.22. The van der Waals surface area contributed by atoms with E-state index < -0.39 is 35.5 Å². The van der Waals surface area contributed by atoms with Crippen LogP contribution in [0.25, 0.3) is 10.2 Å². The number of para-hydroxylation sites is 1. The second kappa shape index (κ2) is 5.98. The van der Waals surface area contributed by atoms with Crippen LogP contribution in [0.5, 0.6) is 5.75 Å².